The number of rotatable bonds is 7. The van der Waals surface area contributed by atoms with E-state index in [1.165, 1.54) is 16.5 Å². The third-order valence-electron chi connectivity index (χ3n) is 3.38. The Hall–Kier alpha value is -1.32. The first-order valence-electron chi connectivity index (χ1n) is 7.13. The van der Waals surface area contributed by atoms with Gasteiger partial charge in [0.15, 0.2) is 0 Å². The van der Waals surface area contributed by atoms with Crippen molar-refractivity contribution in [2.75, 3.05) is 6.61 Å². The van der Waals surface area contributed by atoms with Gasteiger partial charge in [0.1, 0.15) is 0 Å². The Morgan fingerprint density at radius 3 is 2.74 bits per heavy atom. The first-order valence-corrected chi connectivity index (χ1v) is 7.13. The number of unbranched alkanes of at least 4 members (excludes halogenated alkanes) is 1. The van der Waals surface area contributed by atoms with Crippen molar-refractivity contribution in [3.63, 3.8) is 0 Å². The van der Waals surface area contributed by atoms with Gasteiger partial charge in [-0.3, -0.25) is 0 Å². The molecule has 0 atom stereocenters. The highest BCUT2D eigenvalue weighted by Crippen LogP contribution is 2.21. The largest absolute Gasteiger partial charge is 0.396 e. The molecule has 0 radical (unpaired) electrons. The molecule has 1 heterocycles. The number of aromatic nitrogens is 1. The molecule has 19 heavy (non-hydrogen) atoms. The molecule has 2 aromatic rings. The van der Waals surface area contributed by atoms with Crippen molar-refractivity contribution in [1.29, 1.82) is 0 Å². The van der Waals surface area contributed by atoms with Crippen LogP contribution < -0.4 is 5.32 Å². The van der Waals surface area contributed by atoms with Crippen LogP contribution in [0.1, 0.15) is 32.3 Å². The minimum Gasteiger partial charge on any atom is -0.396 e. The normalized spacial score (nSPS) is 11.6. The molecule has 0 aliphatic heterocycles. The number of fused-ring (bicyclic) bond motifs is 1. The lowest BCUT2D eigenvalue weighted by Crippen LogP contribution is -2.21. The van der Waals surface area contributed by atoms with Gasteiger partial charge >= 0.3 is 0 Å². The fraction of sp³-hybridized carbons (Fsp3) is 0.500. The molecule has 0 aliphatic rings. The predicted octanol–water partition coefficient (Wildman–Crippen LogP) is 2.91. The van der Waals surface area contributed by atoms with Crippen LogP contribution in [0.2, 0.25) is 0 Å². The van der Waals surface area contributed by atoms with Gasteiger partial charge in [-0.2, -0.15) is 0 Å². The Balaban J connectivity index is 2.21. The van der Waals surface area contributed by atoms with E-state index in [2.05, 4.69) is 54.2 Å². The third-order valence-corrected chi connectivity index (χ3v) is 3.38. The second-order valence-corrected chi connectivity index (χ2v) is 5.33. The molecule has 104 valence electrons. The number of hydrogen-bond acceptors (Lipinski definition) is 2. The summed E-state index contributed by atoms with van der Waals surface area (Å²) < 4.78 is 2.31. The van der Waals surface area contributed by atoms with Gasteiger partial charge in [0.2, 0.25) is 0 Å². The van der Waals surface area contributed by atoms with Crippen LogP contribution in [0.3, 0.4) is 0 Å². The number of benzene rings is 1. The van der Waals surface area contributed by atoms with Crippen LogP contribution in [-0.4, -0.2) is 22.3 Å². The lowest BCUT2D eigenvalue weighted by molar-refractivity contribution is 0.281. The molecule has 3 heteroatoms. The van der Waals surface area contributed by atoms with Crippen molar-refractivity contribution < 1.29 is 5.11 Å². The van der Waals surface area contributed by atoms with Gasteiger partial charge in [0, 0.05) is 42.8 Å². The van der Waals surface area contributed by atoms with E-state index in [1.54, 1.807) is 0 Å². The lowest BCUT2D eigenvalue weighted by Gasteiger charge is -2.06. The molecule has 0 amide bonds. The van der Waals surface area contributed by atoms with Crippen molar-refractivity contribution in [2.24, 2.45) is 0 Å². The summed E-state index contributed by atoms with van der Waals surface area (Å²) in [5.74, 6) is 0. The molecule has 0 saturated carbocycles. The van der Waals surface area contributed by atoms with E-state index >= 15 is 0 Å². The SMILES string of the molecule is CC(C)NCc1cn(CCCCO)c2ccccc12. The molecule has 0 fully saturated rings. The Kier molecular flexibility index (Phi) is 5.00. The molecule has 0 spiro atoms. The number of hydrogen-bond donors (Lipinski definition) is 2. The van der Waals surface area contributed by atoms with Crippen molar-refractivity contribution in [3.8, 4) is 0 Å². The van der Waals surface area contributed by atoms with Crippen LogP contribution in [-0.2, 0) is 13.1 Å². The van der Waals surface area contributed by atoms with Crippen molar-refractivity contribution in [3.05, 3.63) is 36.0 Å². The molecule has 0 unspecified atom stereocenters. The van der Waals surface area contributed by atoms with Gasteiger partial charge in [0.25, 0.3) is 0 Å². The Bertz CT molecular complexity index is 516. The molecule has 1 aromatic carbocycles. The van der Waals surface area contributed by atoms with Gasteiger partial charge in [-0.15, -0.1) is 0 Å². The third kappa shape index (κ3) is 3.58. The van der Waals surface area contributed by atoms with Crippen LogP contribution in [0.4, 0.5) is 0 Å². The van der Waals surface area contributed by atoms with E-state index in [1.807, 2.05) is 0 Å². The Labute approximate surface area is 115 Å². The maximum Gasteiger partial charge on any atom is 0.0483 e. The number of aliphatic hydroxyl groups is 1. The zero-order chi connectivity index (χ0) is 13.7. The van der Waals surface area contributed by atoms with E-state index in [0.29, 0.717) is 6.04 Å². The first-order chi connectivity index (χ1) is 9.22. The summed E-state index contributed by atoms with van der Waals surface area (Å²) in [6.45, 7) is 6.50. The fourth-order valence-corrected chi connectivity index (χ4v) is 2.36. The highest BCUT2D eigenvalue weighted by Gasteiger charge is 2.07. The topological polar surface area (TPSA) is 37.2 Å². The van der Waals surface area contributed by atoms with Gasteiger partial charge < -0.3 is 15.0 Å². The summed E-state index contributed by atoms with van der Waals surface area (Å²) in [5.41, 5.74) is 2.65. The van der Waals surface area contributed by atoms with E-state index in [0.717, 1.165) is 25.9 Å². The summed E-state index contributed by atoms with van der Waals surface area (Å²) in [6, 6.07) is 9.04. The minimum atomic E-state index is 0.279. The maximum absolute atomic E-state index is 8.89. The Morgan fingerprint density at radius 2 is 2.00 bits per heavy atom. The number of para-hydroxylation sites is 1. The van der Waals surface area contributed by atoms with Crippen LogP contribution in [0.5, 0.6) is 0 Å². The molecule has 1 aromatic heterocycles. The van der Waals surface area contributed by atoms with E-state index in [9.17, 15) is 0 Å². The first kappa shape index (κ1) is 14.1. The average Bonchev–Trinajstić information content (AvgIpc) is 2.76. The van der Waals surface area contributed by atoms with E-state index < -0.39 is 0 Å². The highest BCUT2D eigenvalue weighted by molar-refractivity contribution is 5.83. The predicted molar refractivity (Wildman–Crippen MR) is 80.2 cm³/mol. The highest BCUT2D eigenvalue weighted by atomic mass is 16.2. The van der Waals surface area contributed by atoms with Crippen molar-refractivity contribution in [1.82, 2.24) is 9.88 Å². The summed E-state index contributed by atoms with van der Waals surface area (Å²) in [4.78, 5) is 0. The lowest BCUT2D eigenvalue weighted by atomic mass is 10.1. The average molecular weight is 260 g/mol. The standard InChI is InChI=1S/C16H24N2O/c1-13(2)17-11-14-12-18(9-5-6-10-19)16-8-4-3-7-15(14)16/h3-4,7-8,12-13,17,19H,5-6,9-11H2,1-2H3. The zero-order valence-electron chi connectivity index (χ0n) is 11.9. The molecule has 2 N–H and O–H groups in total. The van der Waals surface area contributed by atoms with Crippen molar-refractivity contribution in [2.45, 2.75) is 45.8 Å². The second-order valence-electron chi connectivity index (χ2n) is 5.33. The molecule has 0 saturated heterocycles. The molecular formula is C16H24N2O. The smallest absolute Gasteiger partial charge is 0.0483 e. The quantitative estimate of drug-likeness (QED) is 0.751. The second kappa shape index (κ2) is 6.73. The summed E-state index contributed by atoms with van der Waals surface area (Å²) in [7, 11) is 0. The van der Waals surface area contributed by atoms with Crippen LogP contribution >= 0.6 is 0 Å². The molecule has 0 aliphatic carbocycles. The van der Waals surface area contributed by atoms with Crippen LogP contribution in [0.25, 0.3) is 10.9 Å². The zero-order valence-corrected chi connectivity index (χ0v) is 11.9. The maximum atomic E-state index is 8.89. The Morgan fingerprint density at radius 1 is 1.21 bits per heavy atom. The number of nitrogens with one attached hydrogen (secondary N) is 1. The summed E-state index contributed by atoms with van der Waals surface area (Å²) in [5, 5.41) is 13.7. The fourth-order valence-electron chi connectivity index (χ4n) is 2.36. The van der Waals surface area contributed by atoms with Crippen LogP contribution in [0, 0.1) is 0 Å². The molecule has 2 rings (SSSR count). The van der Waals surface area contributed by atoms with E-state index in [4.69, 9.17) is 5.11 Å². The van der Waals surface area contributed by atoms with Gasteiger partial charge in [-0.05, 0) is 24.5 Å². The molecule has 3 nitrogen and oxygen atoms in total. The summed E-state index contributed by atoms with van der Waals surface area (Å²) in [6.07, 6.45) is 4.13. The monoisotopic (exact) mass is 260 g/mol. The molecular weight excluding hydrogens is 236 g/mol. The van der Waals surface area contributed by atoms with Gasteiger partial charge in [-0.1, -0.05) is 32.0 Å². The summed E-state index contributed by atoms with van der Waals surface area (Å²) >= 11 is 0. The number of aliphatic hydroxyl groups excluding tert-OH is 1. The number of nitrogens with zero attached hydrogens (tertiary/aromatic N) is 1. The minimum absolute atomic E-state index is 0.279. The number of aryl methyl sites for hydroxylation is 1. The van der Waals surface area contributed by atoms with E-state index in [-0.39, 0.29) is 6.61 Å². The van der Waals surface area contributed by atoms with Crippen LogP contribution in [0.15, 0.2) is 30.5 Å². The van der Waals surface area contributed by atoms with Gasteiger partial charge in [-0.25, -0.2) is 0 Å². The van der Waals surface area contributed by atoms with Gasteiger partial charge in [0.05, 0.1) is 0 Å². The molecule has 0 bridgehead atoms. The van der Waals surface area contributed by atoms with Crippen molar-refractivity contribution >= 4 is 10.9 Å².